The van der Waals surface area contributed by atoms with Crippen molar-refractivity contribution < 1.29 is 28.4 Å². The number of ether oxygens (including phenoxy) is 2. The molecule has 78 heavy (non-hydrogen) atoms. The molecule has 16 heteroatoms. The summed E-state index contributed by atoms with van der Waals surface area (Å²) in [7, 11) is -0.272. The minimum Gasteiger partial charge on any atom is -0.444 e. The van der Waals surface area contributed by atoms with Gasteiger partial charge in [-0.15, -0.1) is 0 Å². The third kappa shape index (κ3) is 15.1. The lowest BCUT2D eigenvalue weighted by atomic mass is 9.61. The molecule has 3 aliphatic heterocycles. The highest BCUT2D eigenvalue weighted by Gasteiger charge is 2.52. The van der Waals surface area contributed by atoms with Gasteiger partial charge in [0.25, 0.3) is 0 Å². The minimum atomic E-state index is -0.482. The molecule has 2 aliphatic carbocycles. The Bertz CT molecular complexity index is 2740. The molecule has 3 saturated heterocycles. The number of nitrogens with one attached hydrogen (secondary N) is 2. The van der Waals surface area contributed by atoms with Gasteiger partial charge in [-0.25, -0.2) is 29.5 Å². The molecule has 2 N–H and O–H groups in total. The second-order valence-electron chi connectivity index (χ2n) is 27.9. The number of hydrogen-bond donors (Lipinski definition) is 2. The molecular weight excluding hydrogens is 999 g/mol. The van der Waals surface area contributed by atoms with Crippen molar-refractivity contribution in [2.45, 2.75) is 232 Å². The van der Waals surface area contributed by atoms with Crippen molar-refractivity contribution in [3.63, 3.8) is 0 Å². The van der Waals surface area contributed by atoms with Crippen LogP contribution in [-0.2, 0) is 40.4 Å². The number of piperidine rings is 2. The van der Waals surface area contributed by atoms with E-state index >= 15 is 0 Å². The van der Waals surface area contributed by atoms with Crippen LogP contribution >= 0.6 is 11.6 Å². The average molecular weight is 1090 g/mol. The summed E-state index contributed by atoms with van der Waals surface area (Å²) in [6, 6.07) is 17.5. The van der Waals surface area contributed by atoms with E-state index < -0.39 is 11.2 Å². The molecule has 0 bridgehead atoms. The highest BCUT2D eigenvalue weighted by Crippen LogP contribution is 2.48. The van der Waals surface area contributed by atoms with E-state index in [2.05, 4.69) is 155 Å². The Morgan fingerprint density at radius 3 is 1.49 bits per heavy atom. The van der Waals surface area contributed by atoms with Gasteiger partial charge in [0.1, 0.15) is 22.2 Å². The van der Waals surface area contributed by atoms with Crippen LogP contribution in [0.1, 0.15) is 198 Å². The normalized spacial score (nSPS) is 21.1. The van der Waals surface area contributed by atoms with E-state index in [1.165, 1.54) is 47.9 Å². The number of halogens is 1. The van der Waals surface area contributed by atoms with Crippen LogP contribution in [0.3, 0.4) is 0 Å². The van der Waals surface area contributed by atoms with Gasteiger partial charge in [0, 0.05) is 56.2 Å². The average Bonchev–Trinajstić information content (AvgIpc) is 3.71. The van der Waals surface area contributed by atoms with Crippen LogP contribution in [-0.4, -0.2) is 99.9 Å². The molecule has 14 nitrogen and oxygen atoms in total. The highest BCUT2D eigenvalue weighted by atomic mass is 35.5. The molecule has 4 aromatic rings. The summed E-state index contributed by atoms with van der Waals surface area (Å²) >= 11 is 5.87. The van der Waals surface area contributed by atoms with Crippen LogP contribution < -0.4 is 25.9 Å². The van der Waals surface area contributed by atoms with Crippen LogP contribution in [0.4, 0.5) is 21.4 Å². The zero-order valence-corrected chi connectivity index (χ0v) is 51.3. The van der Waals surface area contributed by atoms with Gasteiger partial charge >= 0.3 is 19.3 Å². The molecule has 5 heterocycles. The van der Waals surface area contributed by atoms with Crippen LogP contribution in [0.15, 0.2) is 60.9 Å². The lowest BCUT2D eigenvalue weighted by Gasteiger charge is -2.42. The molecule has 2 aromatic carbocycles. The Morgan fingerprint density at radius 2 is 1.01 bits per heavy atom. The number of benzene rings is 2. The van der Waals surface area contributed by atoms with Gasteiger partial charge in [-0.2, -0.15) is 0 Å². The zero-order chi connectivity index (χ0) is 57.4. The maximum absolute atomic E-state index is 12.1. The predicted molar refractivity (Wildman–Crippen MR) is 316 cm³/mol. The molecule has 0 spiro atoms. The van der Waals surface area contributed by atoms with E-state index in [4.69, 9.17) is 35.4 Å². The highest BCUT2D eigenvalue weighted by molar-refractivity contribution is 6.62. The van der Waals surface area contributed by atoms with E-state index in [0.29, 0.717) is 11.1 Å². The van der Waals surface area contributed by atoms with Crippen molar-refractivity contribution in [2.24, 2.45) is 0 Å². The fourth-order valence-corrected chi connectivity index (χ4v) is 11.2. The summed E-state index contributed by atoms with van der Waals surface area (Å²) in [5.74, 6) is 2.35. The van der Waals surface area contributed by atoms with Gasteiger partial charge in [0.2, 0.25) is 5.95 Å². The Kier molecular flexibility index (Phi) is 17.8. The Morgan fingerprint density at radius 1 is 0.577 bits per heavy atom. The quantitative estimate of drug-likeness (QED) is 0.140. The van der Waals surface area contributed by atoms with Gasteiger partial charge < -0.3 is 39.2 Å². The fourth-order valence-electron chi connectivity index (χ4n) is 11.0. The number of fused-ring (bicyclic) bond motifs is 2. The van der Waals surface area contributed by atoms with Crippen molar-refractivity contribution in [1.82, 2.24) is 30.6 Å². The number of rotatable bonds is 6. The first kappa shape index (κ1) is 60.7. The molecule has 0 atom stereocenters. The van der Waals surface area contributed by atoms with Crippen molar-refractivity contribution in [1.29, 1.82) is 0 Å². The van der Waals surface area contributed by atoms with Crippen LogP contribution in [0, 0.1) is 0 Å². The van der Waals surface area contributed by atoms with Crippen molar-refractivity contribution in [2.75, 3.05) is 36.0 Å². The van der Waals surface area contributed by atoms with Crippen molar-refractivity contribution in [3.05, 3.63) is 88.3 Å². The summed E-state index contributed by atoms with van der Waals surface area (Å²) in [6.07, 6.45) is 11.0. The molecule has 0 radical (unpaired) electrons. The van der Waals surface area contributed by atoms with Gasteiger partial charge in [-0.3, -0.25) is 0 Å². The van der Waals surface area contributed by atoms with Crippen LogP contribution in [0.25, 0.3) is 11.4 Å². The molecule has 3 fully saturated rings. The SMILES string of the molecule is CC(C)(C)OC(=O)NC1CCN(c2ccnc(-c3ccc4c(c3)C(C)(C)CCC4(C)C)n2)CC1.CC(C)(C)OC(=O)NC1CCN(c2nccc(Cl)n2)CC1.CC1(C)CCC(C)(C)c2cc(B3OC(C)(C)C(C)(C)O3)ccc21. The van der Waals surface area contributed by atoms with Crippen molar-refractivity contribution >= 4 is 48.1 Å². The summed E-state index contributed by atoms with van der Waals surface area (Å²) in [6.45, 7) is 41.7. The Labute approximate surface area is 472 Å². The lowest BCUT2D eigenvalue weighted by Crippen LogP contribution is -2.46. The number of carbonyl (C=O) groups is 2. The first-order chi connectivity index (χ1) is 36.0. The summed E-state index contributed by atoms with van der Waals surface area (Å²) in [4.78, 5) is 46.2. The van der Waals surface area contributed by atoms with Crippen LogP contribution in [0.2, 0.25) is 5.15 Å². The number of alkyl carbamates (subject to hydrolysis) is 2. The molecular formula is C62H92BClN8O6. The lowest BCUT2D eigenvalue weighted by molar-refractivity contribution is 0.00578. The largest absolute Gasteiger partial charge is 0.494 e. The van der Waals surface area contributed by atoms with Gasteiger partial charge in [0.15, 0.2) is 5.82 Å². The number of aromatic nitrogens is 4. The Balaban J connectivity index is 0.000000177. The summed E-state index contributed by atoms with van der Waals surface area (Å²) < 4.78 is 23.1. The molecule has 5 aliphatic rings. The molecule has 426 valence electrons. The maximum atomic E-state index is 12.1. The Hall–Kier alpha value is -4.99. The number of anilines is 2. The van der Waals surface area contributed by atoms with Gasteiger partial charge in [0.05, 0.1) is 11.2 Å². The van der Waals surface area contributed by atoms with E-state index in [1.807, 2.05) is 53.8 Å². The van der Waals surface area contributed by atoms with E-state index in [1.54, 1.807) is 12.3 Å². The fraction of sp³-hybridized carbons (Fsp3) is 0.645. The van der Waals surface area contributed by atoms with E-state index in [9.17, 15) is 9.59 Å². The first-order valence-electron chi connectivity index (χ1n) is 28.5. The number of amides is 2. The molecule has 0 unspecified atom stereocenters. The number of nitrogens with zero attached hydrogens (tertiary/aromatic N) is 6. The van der Waals surface area contributed by atoms with Gasteiger partial charge in [-0.05, 0) is 188 Å². The van der Waals surface area contributed by atoms with Crippen molar-refractivity contribution in [3.8, 4) is 11.4 Å². The number of carbonyl (C=O) groups excluding carboxylic acids is 2. The second-order valence-corrected chi connectivity index (χ2v) is 28.3. The van der Waals surface area contributed by atoms with Gasteiger partial charge in [-0.1, -0.05) is 97.3 Å². The topological polar surface area (TPSA) is 153 Å². The predicted octanol–water partition coefficient (Wildman–Crippen LogP) is 12.9. The first-order valence-corrected chi connectivity index (χ1v) is 28.9. The number of hydrogen-bond acceptors (Lipinski definition) is 12. The molecule has 9 rings (SSSR count). The second kappa shape index (κ2) is 22.9. The monoisotopic (exact) mass is 1090 g/mol. The third-order valence-electron chi connectivity index (χ3n) is 16.8. The molecule has 0 saturated carbocycles. The standard InChI is InChI=1S/C28H40N4O2.C20H31BO2.C14H21ClN4O2/c1-26(2,3)34-25(33)30-20-11-16-32(17-12-20)23-10-15-29-24(31-23)19-8-9-21-22(18-19)28(6,7)14-13-27(21,4)5;1-17(2)11-12-18(3,4)16-13-14(9-10-15(16)17)21-22-19(5,6)20(7,8)23-21;1-14(2,3)21-13(20)17-10-5-8-19(9-6-10)12-16-7-4-11(15)18-12/h8-10,15,18,20H,11-14,16-17H2,1-7H3,(H,30,33);9-10,13H,11-12H2,1-8H3;4,7,10H,5-6,8-9H2,1-3H3,(H,17,20). The molecule has 2 aromatic heterocycles. The molecule has 2 amide bonds. The maximum Gasteiger partial charge on any atom is 0.494 e. The third-order valence-corrected chi connectivity index (χ3v) is 17.0. The smallest absolute Gasteiger partial charge is 0.444 e. The minimum absolute atomic E-state index is 0.121. The van der Waals surface area contributed by atoms with E-state index in [0.717, 1.165) is 74.5 Å². The summed E-state index contributed by atoms with van der Waals surface area (Å²) in [5, 5.41) is 6.35. The van der Waals surface area contributed by atoms with E-state index in [-0.39, 0.29) is 64.3 Å². The zero-order valence-electron chi connectivity index (χ0n) is 50.5. The van der Waals surface area contributed by atoms with Crippen LogP contribution in [0.5, 0.6) is 0 Å². The summed E-state index contributed by atoms with van der Waals surface area (Å²) in [5.41, 5.74) is 7.31.